The van der Waals surface area contributed by atoms with Crippen LogP contribution in [-0.2, 0) is 11.0 Å². The number of aromatic nitrogens is 3. The highest BCUT2D eigenvalue weighted by molar-refractivity contribution is 7.22. The van der Waals surface area contributed by atoms with E-state index < -0.39 is 46.2 Å². The van der Waals surface area contributed by atoms with E-state index in [2.05, 4.69) is 21.5 Å². The molecule has 3 atom stereocenters. The first-order valence-corrected chi connectivity index (χ1v) is 16.8. The van der Waals surface area contributed by atoms with Gasteiger partial charge in [0.15, 0.2) is 10.9 Å². The zero-order chi connectivity index (χ0) is 34.8. The minimum Gasteiger partial charge on any atom is -0.461 e. The Kier molecular flexibility index (Phi) is 8.37. The molecular weight excluding hydrogens is 672 g/mol. The van der Waals surface area contributed by atoms with Crippen molar-refractivity contribution >= 4 is 49.3 Å². The normalized spacial score (nSPS) is 22.7. The summed E-state index contributed by atoms with van der Waals surface area (Å²) in [6, 6.07) is 2.12. The van der Waals surface area contributed by atoms with Crippen LogP contribution in [0.25, 0.3) is 32.2 Å². The fraction of sp³-hybridized carbons (Fsp3) is 0.455. The van der Waals surface area contributed by atoms with Crippen LogP contribution < -0.4 is 15.4 Å². The van der Waals surface area contributed by atoms with E-state index in [0.717, 1.165) is 36.0 Å². The molecule has 7 rings (SSSR count). The van der Waals surface area contributed by atoms with Gasteiger partial charge in [-0.1, -0.05) is 17.9 Å². The van der Waals surface area contributed by atoms with Crippen molar-refractivity contribution < 1.29 is 35.9 Å². The number of rotatable bonds is 8. The van der Waals surface area contributed by atoms with Crippen molar-refractivity contribution in [2.75, 3.05) is 50.0 Å². The first-order valence-electron chi connectivity index (χ1n) is 16.0. The molecule has 260 valence electrons. The monoisotopic (exact) mass is 705 g/mol. The number of thiazole rings is 1. The summed E-state index contributed by atoms with van der Waals surface area (Å²) in [5, 5.41) is -0.323. The van der Waals surface area contributed by atoms with Gasteiger partial charge in [-0.3, -0.25) is 9.69 Å². The number of fused-ring (bicyclic) bond motifs is 3. The smallest absolute Gasteiger partial charge is 0.417 e. The molecule has 1 amide bonds. The Morgan fingerprint density at radius 1 is 1.20 bits per heavy atom. The van der Waals surface area contributed by atoms with Crippen molar-refractivity contribution in [3.8, 4) is 17.1 Å². The molecule has 3 fully saturated rings. The number of likely N-dealkylation sites (tertiary alicyclic amines) is 1. The molecule has 2 aromatic carbocycles. The Hall–Kier alpha value is -4.18. The van der Waals surface area contributed by atoms with Gasteiger partial charge in [0.05, 0.1) is 21.3 Å². The van der Waals surface area contributed by atoms with E-state index in [-0.39, 0.29) is 82.7 Å². The maximum absolute atomic E-state index is 17.0. The summed E-state index contributed by atoms with van der Waals surface area (Å²) in [6.07, 6.45) is -2.68. The van der Waals surface area contributed by atoms with Gasteiger partial charge in [0.25, 0.3) is 0 Å². The third-order valence-electron chi connectivity index (χ3n) is 9.91. The van der Waals surface area contributed by atoms with Gasteiger partial charge in [-0.25, -0.2) is 18.2 Å². The summed E-state index contributed by atoms with van der Waals surface area (Å²) in [5.74, 6) is -2.38. The maximum atomic E-state index is 17.0. The first kappa shape index (κ1) is 33.3. The lowest BCUT2D eigenvalue weighted by atomic mass is 9.94. The predicted octanol–water partition coefficient (Wildman–Crippen LogP) is 6.35. The van der Waals surface area contributed by atoms with Gasteiger partial charge in [0.1, 0.15) is 29.9 Å². The topological polar surface area (TPSA) is 101 Å². The zero-order valence-corrected chi connectivity index (χ0v) is 27.3. The maximum Gasteiger partial charge on any atom is 0.417 e. The van der Waals surface area contributed by atoms with E-state index in [0.29, 0.717) is 25.9 Å². The third kappa shape index (κ3) is 5.71. The second kappa shape index (κ2) is 12.3. The number of anilines is 2. The lowest BCUT2D eigenvalue weighted by Crippen LogP contribution is -2.43. The molecule has 2 N–H and O–H groups in total. The highest BCUT2D eigenvalue weighted by atomic mass is 32.1. The van der Waals surface area contributed by atoms with Crippen LogP contribution in [0.3, 0.4) is 0 Å². The summed E-state index contributed by atoms with van der Waals surface area (Å²) in [4.78, 5) is 30.6. The number of nitrogens with two attached hydrogens (primary N) is 1. The van der Waals surface area contributed by atoms with E-state index in [1.165, 1.54) is 6.08 Å². The molecule has 9 nitrogen and oxygen atoms in total. The van der Waals surface area contributed by atoms with E-state index in [1.54, 1.807) is 16.7 Å². The lowest BCUT2D eigenvalue weighted by Gasteiger charge is -2.32. The molecule has 49 heavy (non-hydrogen) atoms. The van der Waals surface area contributed by atoms with Crippen LogP contribution in [0, 0.1) is 11.6 Å². The summed E-state index contributed by atoms with van der Waals surface area (Å²) in [5.41, 5.74) is 2.03. The van der Waals surface area contributed by atoms with Crippen LogP contribution >= 0.6 is 11.3 Å². The number of halogens is 6. The molecule has 0 saturated carbocycles. The van der Waals surface area contributed by atoms with Crippen LogP contribution in [-0.4, -0.2) is 87.7 Å². The Morgan fingerprint density at radius 3 is 2.73 bits per heavy atom. The average Bonchev–Trinajstić information content (AvgIpc) is 3.84. The Balaban J connectivity index is 1.42. The van der Waals surface area contributed by atoms with Gasteiger partial charge in [-0.15, -0.1) is 0 Å². The quantitative estimate of drug-likeness (QED) is 0.167. The van der Waals surface area contributed by atoms with Crippen LogP contribution in [0.1, 0.15) is 38.2 Å². The highest BCUT2D eigenvalue weighted by Crippen LogP contribution is 2.47. The fourth-order valence-electron chi connectivity index (χ4n) is 7.71. The Bertz CT molecular complexity index is 1970. The summed E-state index contributed by atoms with van der Waals surface area (Å²) in [6.45, 7) is 7.15. The molecule has 0 aliphatic carbocycles. The molecule has 5 heterocycles. The van der Waals surface area contributed by atoms with Crippen molar-refractivity contribution in [3.05, 3.63) is 48.1 Å². The molecule has 3 unspecified atom stereocenters. The van der Waals surface area contributed by atoms with Crippen LogP contribution in [0.15, 0.2) is 30.9 Å². The molecule has 4 aromatic rings. The number of hydrogen-bond donors (Lipinski definition) is 1. The molecule has 2 aromatic heterocycles. The van der Waals surface area contributed by atoms with Crippen LogP contribution in [0.2, 0.25) is 0 Å². The van der Waals surface area contributed by atoms with Crippen molar-refractivity contribution in [3.63, 3.8) is 0 Å². The summed E-state index contributed by atoms with van der Waals surface area (Å²) < 4.78 is 96.9. The summed E-state index contributed by atoms with van der Waals surface area (Å²) >= 11 is 0.737. The second-order valence-electron chi connectivity index (χ2n) is 12.7. The van der Waals surface area contributed by atoms with Crippen molar-refractivity contribution in [1.82, 2.24) is 24.8 Å². The SMILES string of the molecule is C=CC(=O)N1CCC(N(CC)c2nc(OCC34CCCN3CC(F)C4)nc3c(F)c(-c4ccc(F)c5sc(N)nc45)c(C(F)(F)F)cc23)C1. The van der Waals surface area contributed by atoms with Gasteiger partial charge < -0.3 is 20.3 Å². The van der Waals surface area contributed by atoms with Crippen molar-refractivity contribution in [2.24, 2.45) is 0 Å². The molecule has 3 aliphatic rings. The molecule has 3 aliphatic heterocycles. The average molecular weight is 706 g/mol. The van der Waals surface area contributed by atoms with Gasteiger partial charge in [-0.2, -0.15) is 23.1 Å². The number of likely N-dealkylation sites (N-methyl/N-ethyl adjacent to an activating group) is 1. The second-order valence-corrected chi connectivity index (χ2v) is 13.8. The number of nitrogens with zero attached hydrogens (tertiary/aromatic N) is 6. The van der Waals surface area contributed by atoms with Gasteiger partial charge >= 0.3 is 12.2 Å². The molecular formula is C33H33F6N7O2S. The zero-order valence-electron chi connectivity index (χ0n) is 26.5. The van der Waals surface area contributed by atoms with Crippen molar-refractivity contribution in [2.45, 2.75) is 56.5 Å². The van der Waals surface area contributed by atoms with Gasteiger partial charge in [0.2, 0.25) is 5.91 Å². The van der Waals surface area contributed by atoms with Crippen molar-refractivity contribution in [1.29, 1.82) is 0 Å². The fourth-order valence-corrected chi connectivity index (χ4v) is 8.47. The van der Waals surface area contributed by atoms with Crippen LogP contribution in [0.4, 0.5) is 37.3 Å². The minimum atomic E-state index is -5.06. The van der Waals surface area contributed by atoms with E-state index in [9.17, 15) is 26.7 Å². The number of amides is 1. The lowest BCUT2D eigenvalue weighted by molar-refractivity contribution is -0.137. The number of hydrogen-bond acceptors (Lipinski definition) is 9. The number of alkyl halides is 4. The standard InChI is InChI=1S/C33H33F6N7O2S/c1-3-23(47)44-11-8-18(15-44)46(4-2)29-20-12-21(33(37,38)39)24(19-6-7-22(35)28-27(19)41-30(40)49-28)25(36)26(20)42-31(43-29)48-16-32-9-5-10-45(32)14-17(34)13-32/h3,6-7,12,17-18H,1,4-5,8-11,13-16H2,2H3,(H2,40,41). The number of carbonyl (C=O) groups is 1. The minimum absolute atomic E-state index is 0.00132. The Morgan fingerprint density at radius 2 is 2.00 bits per heavy atom. The number of benzene rings is 2. The first-order chi connectivity index (χ1) is 23.3. The van der Waals surface area contributed by atoms with Crippen LogP contribution in [0.5, 0.6) is 6.01 Å². The largest absolute Gasteiger partial charge is 0.461 e. The molecule has 16 heteroatoms. The highest BCUT2D eigenvalue weighted by Gasteiger charge is 2.49. The summed E-state index contributed by atoms with van der Waals surface area (Å²) in [7, 11) is 0. The van der Waals surface area contributed by atoms with E-state index in [1.807, 2.05) is 4.90 Å². The van der Waals surface area contributed by atoms with Gasteiger partial charge in [0, 0.05) is 55.2 Å². The number of ether oxygens (including phenoxy) is 1. The van der Waals surface area contributed by atoms with E-state index in [4.69, 9.17) is 10.5 Å². The van der Waals surface area contributed by atoms with E-state index >= 15 is 4.39 Å². The molecule has 0 radical (unpaired) electrons. The number of nitrogen functional groups attached to an aromatic ring is 1. The number of carbonyl (C=O) groups excluding carboxylic acids is 1. The Labute approximate surface area is 281 Å². The molecule has 3 saturated heterocycles. The molecule has 0 spiro atoms. The van der Waals surface area contributed by atoms with Gasteiger partial charge in [-0.05, 0) is 57.0 Å². The predicted molar refractivity (Wildman–Crippen MR) is 174 cm³/mol. The third-order valence-corrected chi connectivity index (χ3v) is 10.8. The molecule has 0 bridgehead atoms.